The first-order valence-corrected chi connectivity index (χ1v) is 7.23. The van der Waals surface area contributed by atoms with Crippen LogP contribution in [0.1, 0.15) is 15.9 Å². The fraction of sp³-hybridized carbons (Fsp3) is 0.0588. The zero-order chi connectivity index (χ0) is 16.6. The van der Waals surface area contributed by atoms with Crippen LogP contribution in [0, 0.1) is 6.92 Å². The Morgan fingerprint density at radius 3 is 2.57 bits per heavy atom. The number of hydrogen-bond acceptors (Lipinski definition) is 4. The van der Waals surface area contributed by atoms with Gasteiger partial charge in [0.25, 0.3) is 5.91 Å². The summed E-state index contributed by atoms with van der Waals surface area (Å²) in [5.41, 5.74) is 6.89. The molecule has 3 rings (SSSR count). The summed E-state index contributed by atoms with van der Waals surface area (Å²) in [5, 5.41) is 3.22. The van der Waals surface area contributed by atoms with Crippen molar-refractivity contribution in [3.05, 3.63) is 68.8 Å². The zero-order valence-electron chi connectivity index (χ0n) is 12.2. The summed E-state index contributed by atoms with van der Waals surface area (Å²) in [6, 6.07) is 11.7. The van der Waals surface area contributed by atoms with Crippen LogP contribution in [-0.2, 0) is 0 Å². The maximum atomic E-state index is 12.5. The van der Waals surface area contributed by atoms with E-state index in [-0.39, 0.29) is 22.4 Å². The van der Waals surface area contributed by atoms with E-state index in [4.69, 9.17) is 21.8 Å². The molecule has 0 saturated carbocycles. The standard InChI is InChI=1S/C17H13ClN2O3/c1-9-2-5-11(6-3-9)20-17(22)14-15(21)12-8-10(18)4-7-13(12)23-16(14)19/h2-8H,19H2,1H3,(H,20,22). The molecule has 1 amide bonds. The molecular weight excluding hydrogens is 316 g/mol. The molecule has 23 heavy (non-hydrogen) atoms. The molecule has 0 bridgehead atoms. The smallest absolute Gasteiger partial charge is 0.265 e. The summed E-state index contributed by atoms with van der Waals surface area (Å²) in [6.45, 7) is 1.94. The van der Waals surface area contributed by atoms with Crippen LogP contribution in [0.4, 0.5) is 11.6 Å². The number of anilines is 2. The lowest BCUT2D eigenvalue weighted by Gasteiger charge is -2.08. The Morgan fingerprint density at radius 1 is 1.17 bits per heavy atom. The van der Waals surface area contributed by atoms with Crippen molar-refractivity contribution in [2.24, 2.45) is 0 Å². The average molecular weight is 329 g/mol. The highest BCUT2D eigenvalue weighted by atomic mass is 35.5. The van der Waals surface area contributed by atoms with Crippen LogP contribution >= 0.6 is 11.6 Å². The topological polar surface area (TPSA) is 85.3 Å². The molecular formula is C17H13ClN2O3. The summed E-state index contributed by atoms with van der Waals surface area (Å²) >= 11 is 5.89. The van der Waals surface area contributed by atoms with E-state index in [0.29, 0.717) is 10.7 Å². The normalized spacial score (nSPS) is 10.7. The van der Waals surface area contributed by atoms with Gasteiger partial charge < -0.3 is 15.5 Å². The fourth-order valence-corrected chi connectivity index (χ4v) is 2.40. The molecule has 116 valence electrons. The predicted octanol–water partition coefficient (Wildman–Crippen LogP) is 3.59. The molecule has 0 spiro atoms. The summed E-state index contributed by atoms with van der Waals surface area (Å²) in [7, 11) is 0. The highest BCUT2D eigenvalue weighted by Gasteiger charge is 2.19. The number of fused-ring (bicyclic) bond motifs is 1. The Balaban J connectivity index is 2.06. The molecule has 0 fully saturated rings. The third-order valence-corrected chi connectivity index (χ3v) is 3.65. The van der Waals surface area contributed by atoms with E-state index in [0.717, 1.165) is 5.56 Å². The van der Waals surface area contributed by atoms with Gasteiger partial charge in [0.15, 0.2) is 0 Å². The first kappa shape index (κ1) is 15.1. The van der Waals surface area contributed by atoms with Crippen molar-refractivity contribution in [3.63, 3.8) is 0 Å². The van der Waals surface area contributed by atoms with E-state index in [1.165, 1.54) is 12.1 Å². The van der Waals surface area contributed by atoms with Gasteiger partial charge in [-0.2, -0.15) is 0 Å². The Hall–Kier alpha value is -2.79. The number of amides is 1. The number of nitrogens with two attached hydrogens (primary N) is 1. The van der Waals surface area contributed by atoms with Crippen LogP contribution in [0.3, 0.4) is 0 Å². The Labute approximate surface area is 136 Å². The molecule has 5 nitrogen and oxygen atoms in total. The average Bonchev–Trinajstić information content (AvgIpc) is 2.50. The largest absolute Gasteiger partial charge is 0.440 e. The molecule has 6 heteroatoms. The molecule has 1 heterocycles. The number of rotatable bonds is 2. The van der Waals surface area contributed by atoms with Crippen molar-refractivity contribution < 1.29 is 9.21 Å². The van der Waals surface area contributed by atoms with Crippen molar-refractivity contribution in [1.29, 1.82) is 0 Å². The van der Waals surface area contributed by atoms with Crippen LogP contribution in [0.25, 0.3) is 11.0 Å². The van der Waals surface area contributed by atoms with E-state index in [2.05, 4.69) is 5.32 Å². The van der Waals surface area contributed by atoms with E-state index >= 15 is 0 Å². The molecule has 0 radical (unpaired) electrons. The molecule has 1 aromatic heterocycles. The number of nitrogens with one attached hydrogen (secondary N) is 1. The molecule has 3 aromatic rings. The van der Waals surface area contributed by atoms with Gasteiger partial charge >= 0.3 is 0 Å². The third kappa shape index (κ3) is 2.91. The highest BCUT2D eigenvalue weighted by Crippen LogP contribution is 2.21. The monoisotopic (exact) mass is 328 g/mol. The van der Waals surface area contributed by atoms with E-state index in [1.54, 1.807) is 18.2 Å². The van der Waals surface area contributed by atoms with E-state index < -0.39 is 11.3 Å². The lowest BCUT2D eigenvalue weighted by atomic mass is 10.1. The summed E-state index contributed by atoms with van der Waals surface area (Å²) in [4.78, 5) is 24.9. The lowest BCUT2D eigenvalue weighted by molar-refractivity contribution is 0.102. The molecule has 0 unspecified atom stereocenters. The second-order valence-electron chi connectivity index (χ2n) is 5.13. The van der Waals surface area contributed by atoms with Crippen LogP contribution in [-0.4, -0.2) is 5.91 Å². The number of benzene rings is 2. The Bertz CT molecular complexity index is 962. The summed E-state index contributed by atoms with van der Waals surface area (Å²) < 4.78 is 5.36. The minimum Gasteiger partial charge on any atom is -0.440 e. The first-order chi connectivity index (χ1) is 11.0. The van der Waals surface area contributed by atoms with Gasteiger partial charge in [0, 0.05) is 10.7 Å². The molecule has 0 atom stereocenters. The van der Waals surface area contributed by atoms with Gasteiger partial charge in [0.2, 0.25) is 11.3 Å². The second-order valence-corrected chi connectivity index (χ2v) is 5.57. The molecule has 0 saturated heterocycles. The van der Waals surface area contributed by atoms with Gasteiger partial charge in [-0.15, -0.1) is 0 Å². The minimum absolute atomic E-state index is 0.209. The Morgan fingerprint density at radius 2 is 1.87 bits per heavy atom. The van der Waals surface area contributed by atoms with Crippen LogP contribution in [0.5, 0.6) is 0 Å². The summed E-state index contributed by atoms with van der Waals surface area (Å²) in [5.74, 6) is -0.851. The molecule has 0 aliphatic rings. The van der Waals surface area contributed by atoms with Crippen molar-refractivity contribution in [2.75, 3.05) is 11.1 Å². The molecule has 0 aliphatic heterocycles. The van der Waals surface area contributed by atoms with Gasteiger partial charge in [0.05, 0.1) is 5.39 Å². The van der Waals surface area contributed by atoms with Gasteiger partial charge in [-0.25, -0.2) is 0 Å². The van der Waals surface area contributed by atoms with Gasteiger partial charge in [-0.1, -0.05) is 29.3 Å². The maximum Gasteiger partial charge on any atom is 0.265 e. The van der Waals surface area contributed by atoms with Gasteiger partial charge in [-0.3, -0.25) is 9.59 Å². The predicted molar refractivity (Wildman–Crippen MR) is 91.0 cm³/mol. The quantitative estimate of drug-likeness (QED) is 0.752. The van der Waals surface area contributed by atoms with Crippen LogP contribution in [0.15, 0.2) is 51.7 Å². The number of carbonyl (C=O) groups excluding carboxylic acids is 1. The maximum absolute atomic E-state index is 12.5. The van der Waals surface area contributed by atoms with Gasteiger partial charge in [-0.05, 0) is 37.3 Å². The zero-order valence-corrected chi connectivity index (χ0v) is 13.0. The molecule has 2 aromatic carbocycles. The van der Waals surface area contributed by atoms with E-state index in [1.807, 2.05) is 19.1 Å². The van der Waals surface area contributed by atoms with Crippen LogP contribution < -0.4 is 16.5 Å². The van der Waals surface area contributed by atoms with Crippen molar-refractivity contribution in [1.82, 2.24) is 0 Å². The molecule has 0 aliphatic carbocycles. The van der Waals surface area contributed by atoms with Crippen LogP contribution in [0.2, 0.25) is 5.02 Å². The third-order valence-electron chi connectivity index (χ3n) is 3.42. The number of carbonyl (C=O) groups is 1. The molecule has 3 N–H and O–H groups in total. The SMILES string of the molecule is Cc1ccc(NC(=O)c2c(N)oc3ccc(Cl)cc3c2=O)cc1. The van der Waals surface area contributed by atoms with Crippen molar-refractivity contribution in [2.45, 2.75) is 6.92 Å². The van der Waals surface area contributed by atoms with Crippen molar-refractivity contribution >= 4 is 40.0 Å². The Kier molecular flexibility index (Phi) is 3.80. The van der Waals surface area contributed by atoms with Gasteiger partial charge in [0.1, 0.15) is 11.1 Å². The number of nitrogen functional groups attached to an aromatic ring is 1. The minimum atomic E-state index is -0.623. The van der Waals surface area contributed by atoms with E-state index in [9.17, 15) is 9.59 Å². The number of hydrogen-bond donors (Lipinski definition) is 2. The summed E-state index contributed by atoms with van der Waals surface area (Å²) in [6.07, 6.45) is 0. The van der Waals surface area contributed by atoms with Crippen molar-refractivity contribution in [3.8, 4) is 0 Å². The lowest BCUT2D eigenvalue weighted by Crippen LogP contribution is -2.23. The number of aryl methyl sites for hydroxylation is 1. The number of halogens is 1. The first-order valence-electron chi connectivity index (χ1n) is 6.85. The second kappa shape index (κ2) is 5.78. The fourth-order valence-electron chi connectivity index (χ4n) is 2.23. The highest BCUT2D eigenvalue weighted by molar-refractivity contribution is 6.31.